The van der Waals surface area contributed by atoms with Gasteiger partial charge in [-0.15, -0.1) is 11.8 Å². The summed E-state index contributed by atoms with van der Waals surface area (Å²) in [7, 11) is 0. The Morgan fingerprint density at radius 3 is 2.55 bits per heavy atom. The summed E-state index contributed by atoms with van der Waals surface area (Å²) >= 11 is 1.53. The van der Waals surface area contributed by atoms with E-state index in [1.54, 1.807) is 24.3 Å². The molecule has 6 heteroatoms. The highest BCUT2D eigenvalue weighted by Gasteiger charge is 2.45. The van der Waals surface area contributed by atoms with Gasteiger partial charge in [-0.25, -0.2) is 0 Å². The van der Waals surface area contributed by atoms with Crippen molar-refractivity contribution < 1.29 is 14.7 Å². The monoisotopic (exact) mass is 294 g/mol. The normalized spacial score (nSPS) is 24.3. The topological polar surface area (TPSA) is 78.4 Å². The molecule has 2 unspecified atom stereocenters. The highest BCUT2D eigenvalue weighted by atomic mass is 32.2. The maximum absolute atomic E-state index is 11.9. The number of carboxylic acid groups (broad SMARTS) is 1. The first kappa shape index (κ1) is 14.9. The highest BCUT2D eigenvalue weighted by Crippen LogP contribution is 2.37. The van der Waals surface area contributed by atoms with Gasteiger partial charge in [-0.05, 0) is 26.0 Å². The van der Waals surface area contributed by atoms with E-state index in [0.29, 0.717) is 12.1 Å². The molecular formula is C14H18N2O3S. The van der Waals surface area contributed by atoms with Gasteiger partial charge in [0, 0.05) is 16.9 Å². The summed E-state index contributed by atoms with van der Waals surface area (Å²) in [5.74, 6) is -1.01. The first-order valence-corrected chi connectivity index (χ1v) is 7.28. The van der Waals surface area contributed by atoms with Crippen molar-refractivity contribution in [3.05, 3.63) is 35.9 Å². The summed E-state index contributed by atoms with van der Waals surface area (Å²) in [5.41, 5.74) is 0.601. The molecule has 108 valence electrons. The summed E-state index contributed by atoms with van der Waals surface area (Å²) in [6, 6.07) is 8.35. The molecule has 1 fully saturated rings. The second kappa shape index (κ2) is 5.85. The van der Waals surface area contributed by atoms with E-state index in [0.717, 1.165) is 0 Å². The lowest BCUT2D eigenvalue weighted by Crippen LogP contribution is -2.46. The van der Waals surface area contributed by atoms with Crippen LogP contribution < -0.4 is 10.6 Å². The second-order valence-electron chi connectivity index (χ2n) is 5.22. The Bertz CT molecular complexity index is 504. The van der Waals surface area contributed by atoms with Gasteiger partial charge >= 0.3 is 5.97 Å². The fraction of sp³-hybridized carbons (Fsp3) is 0.429. The van der Waals surface area contributed by atoms with Crippen LogP contribution in [0.4, 0.5) is 0 Å². The van der Waals surface area contributed by atoms with Crippen LogP contribution in [0.5, 0.6) is 0 Å². The van der Waals surface area contributed by atoms with Crippen LogP contribution in [0.25, 0.3) is 0 Å². The van der Waals surface area contributed by atoms with Crippen LogP contribution in [0.1, 0.15) is 24.2 Å². The summed E-state index contributed by atoms with van der Waals surface area (Å²) in [4.78, 5) is 23.1. The Morgan fingerprint density at radius 1 is 1.35 bits per heavy atom. The van der Waals surface area contributed by atoms with Gasteiger partial charge in [0.15, 0.2) is 0 Å². The Balaban J connectivity index is 1.90. The van der Waals surface area contributed by atoms with Gasteiger partial charge in [-0.2, -0.15) is 0 Å². The van der Waals surface area contributed by atoms with E-state index in [2.05, 4.69) is 10.6 Å². The van der Waals surface area contributed by atoms with E-state index in [-0.39, 0.29) is 11.3 Å². The number of nitrogens with one attached hydrogen (secondary N) is 2. The third-order valence-corrected chi connectivity index (χ3v) is 4.66. The summed E-state index contributed by atoms with van der Waals surface area (Å²) in [5, 5.41) is 14.9. The number of carbonyl (C=O) groups is 2. The molecule has 0 aliphatic carbocycles. The number of carbonyl (C=O) groups excluding carboxylic acids is 1. The Labute approximate surface area is 122 Å². The van der Waals surface area contributed by atoms with Crippen LogP contribution in [0.2, 0.25) is 0 Å². The molecule has 5 nitrogen and oxygen atoms in total. The molecule has 1 saturated heterocycles. The lowest BCUT2D eigenvalue weighted by atomic mass is 10.0. The van der Waals surface area contributed by atoms with Crippen LogP contribution in [-0.2, 0) is 4.79 Å². The van der Waals surface area contributed by atoms with Crippen LogP contribution in [-0.4, -0.2) is 39.7 Å². The SMILES string of the molecule is CC1(C)SC(CNC(=O)c2ccccc2)NC1C(=O)O. The summed E-state index contributed by atoms with van der Waals surface area (Å²) < 4.78 is -0.395. The van der Waals surface area contributed by atoms with Crippen molar-refractivity contribution in [1.82, 2.24) is 10.6 Å². The third-order valence-electron chi connectivity index (χ3n) is 3.22. The minimum atomic E-state index is -0.862. The fourth-order valence-electron chi connectivity index (χ4n) is 2.20. The number of hydrogen-bond donors (Lipinski definition) is 3. The maximum atomic E-state index is 11.9. The molecule has 0 bridgehead atoms. The van der Waals surface area contributed by atoms with Gasteiger partial charge in [-0.1, -0.05) is 18.2 Å². The molecule has 0 radical (unpaired) electrons. The van der Waals surface area contributed by atoms with Crippen molar-refractivity contribution in [2.24, 2.45) is 0 Å². The lowest BCUT2D eigenvalue weighted by Gasteiger charge is -2.20. The molecule has 0 saturated carbocycles. The molecular weight excluding hydrogens is 276 g/mol. The Hall–Kier alpha value is -1.53. The number of amides is 1. The zero-order valence-corrected chi connectivity index (χ0v) is 12.2. The smallest absolute Gasteiger partial charge is 0.322 e. The predicted molar refractivity (Wildman–Crippen MR) is 78.8 cm³/mol. The summed E-state index contributed by atoms with van der Waals surface area (Å²) in [6.07, 6.45) is 0. The van der Waals surface area contributed by atoms with Gasteiger partial charge in [0.05, 0.1) is 5.37 Å². The van der Waals surface area contributed by atoms with Crippen molar-refractivity contribution in [3.63, 3.8) is 0 Å². The fourth-order valence-corrected chi connectivity index (χ4v) is 3.61. The van der Waals surface area contributed by atoms with E-state index < -0.39 is 16.8 Å². The van der Waals surface area contributed by atoms with Gasteiger partial charge in [-0.3, -0.25) is 14.9 Å². The number of benzene rings is 1. The van der Waals surface area contributed by atoms with Gasteiger partial charge in [0.25, 0.3) is 5.91 Å². The molecule has 1 aliphatic rings. The maximum Gasteiger partial charge on any atom is 0.322 e. The molecule has 3 N–H and O–H groups in total. The Morgan fingerprint density at radius 2 is 2.00 bits per heavy atom. The zero-order chi connectivity index (χ0) is 14.8. The van der Waals surface area contributed by atoms with Crippen molar-refractivity contribution in [1.29, 1.82) is 0 Å². The van der Waals surface area contributed by atoms with Crippen LogP contribution in [0.3, 0.4) is 0 Å². The van der Waals surface area contributed by atoms with Gasteiger partial charge < -0.3 is 10.4 Å². The number of hydrogen-bond acceptors (Lipinski definition) is 4. The molecule has 20 heavy (non-hydrogen) atoms. The number of rotatable bonds is 4. The quantitative estimate of drug-likeness (QED) is 0.780. The Kier molecular flexibility index (Phi) is 4.35. The minimum Gasteiger partial charge on any atom is -0.480 e. The van der Waals surface area contributed by atoms with Crippen LogP contribution in [0.15, 0.2) is 30.3 Å². The average Bonchev–Trinajstić information content (AvgIpc) is 2.72. The van der Waals surface area contributed by atoms with E-state index in [1.807, 2.05) is 19.9 Å². The molecule has 2 rings (SSSR count). The molecule has 1 heterocycles. The first-order chi connectivity index (χ1) is 9.40. The molecule has 1 aromatic carbocycles. The third kappa shape index (κ3) is 3.32. The summed E-state index contributed by atoms with van der Waals surface area (Å²) in [6.45, 7) is 4.18. The van der Waals surface area contributed by atoms with E-state index >= 15 is 0 Å². The standard InChI is InChI=1S/C14H18N2O3S/c1-14(2)11(13(18)19)16-10(20-14)8-15-12(17)9-6-4-3-5-7-9/h3-7,10-11,16H,8H2,1-2H3,(H,15,17)(H,18,19). The average molecular weight is 294 g/mol. The van der Waals surface area contributed by atoms with Gasteiger partial charge in [0.1, 0.15) is 6.04 Å². The molecule has 1 aromatic rings. The minimum absolute atomic E-state index is 0.0984. The van der Waals surface area contributed by atoms with Crippen molar-refractivity contribution in [3.8, 4) is 0 Å². The molecule has 0 spiro atoms. The zero-order valence-electron chi connectivity index (χ0n) is 11.4. The lowest BCUT2D eigenvalue weighted by molar-refractivity contribution is -0.139. The molecule has 1 amide bonds. The highest BCUT2D eigenvalue weighted by molar-refractivity contribution is 8.01. The van der Waals surface area contributed by atoms with E-state index in [1.165, 1.54) is 11.8 Å². The number of aliphatic carboxylic acids is 1. The second-order valence-corrected chi connectivity index (χ2v) is 7.08. The number of thioether (sulfide) groups is 1. The van der Waals surface area contributed by atoms with Crippen molar-refractivity contribution >= 4 is 23.6 Å². The van der Waals surface area contributed by atoms with Crippen molar-refractivity contribution in [2.45, 2.75) is 30.0 Å². The van der Waals surface area contributed by atoms with Crippen LogP contribution in [0, 0.1) is 0 Å². The molecule has 1 aliphatic heterocycles. The predicted octanol–water partition coefficient (Wildman–Crippen LogP) is 1.31. The molecule has 0 aromatic heterocycles. The largest absolute Gasteiger partial charge is 0.480 e. The number of carboxylic acids is 1. The molecule has 2 atom stereocenters. The van der Waals surface area contributed by atoms with Crippen LogP contribution >= 0.6 is 11.8 Å². The first-order valence-electron chi connectivity index (χ1n) is 6.40. The van der Waals surface area contributed by atoms with E-state index in [9.17, 15) is 9.59 Å². The van der Waals surface area contributed by atoms with Crippen molar-refractivity contribution in [2.75, 3.05) is 6.54 Å². The van der Waals surface area contributed by atoms with E-state index in [4.69, 9.17) is 5.11 Å². The van der Waals surface area contributed by atoms with Gasteiger partial charge in [0.2, 0.25) is 0 Å².